The Morgan fingerprint density at radius 3 is 2.28 bits per heavy atom. The van der Waals surface area contributed by atoms with Crippen LogP contribution in [0.25, 0.3) is 0 Å². The van der Waals surface area contributed by atoms with Crippen molar-refractivity contribution in [3.63, 3.8) is 0 Å². The van der Waals surface area contributed by atoms with E-state index in [-0.39, 0.29) is 23.5 Å². The van der Waals surface area contributed by atoms with Crippen LogP contribution in [0, 0.1) is 11.7 Å². The average molecular weight is 400 g/mol. The van der Waals surface area contributed by atoms with Crippen molar-refractivity contribution in [1.29, 1.82) is 0 Å². The van der Waals surface area contributed by atoms with E-state index < -0.39 is 0 Å². The zero-order valence-electron chi connectivity index (χ0n) is 17.8. The van der Waals surface area contributed by atoms with Gasteiger partial charge in [0, 0.05) is 50.5 Å². The molecule has 0 saturated carbocycles. The molecular formula is C23H30FN3O2. The van der Waals surface area contributed by atoms with Gasteiger partial charge in [0.25, 0.3) is 5.91 Å². The van der Waals surface area contributed by atoms with Crippen LogP contribution in [0.15, 0.2) is 42.5 Å². The van der Waals surface area contributed by atoms with Crippen molar-refractivity contribution in [3.8, 4) is 0 Å². The fraction of sp³-hybridized carbons (Fsp3) is 0.391. The first-order valence-corrected chi connectivity index (χ1v) is 9.86. The number of amides is 2. The average Bonchev–Trinajstić information content (AvgIpc) is 2.67. The summed E-state index contributed by atoms with van der Waals surface area (Å²) in [5.41, 5.74) is 3.06. The lowest BCUT2D eigenvalue weighted by Gasteiger charge is -2.28. The van der Waals surface area contributed by atoms with E-state index in [1.165, 1.54) is 24.3 Å². The molecule has 0 fully saturated rings. The minimum Gasteiger partial charge on any atom is -0.377 e. The molecule has 0 bridgehead atoms. The van der Waals surface area contributed by atoms with Crippen LogP contribution in [0.2, 0.25) is 0 Å². The van der Waals surface area contributed by atoms with Gasteiger partial charge in [-0.25, -0.2) is 4.39 Å². The van der Waals surface area contributed by atoms with Gasteiger partial charge < -0.3 is 15.1 Å². The standard InChI is InChI=1S/C23H30FN3O2/c1-6-22(28)25-20-11-12-21(26(4)5)18(13-20)15-27(14-16(2)3)23(29)17-7-9-19(24)10-8-17/h7-13,16H,6,14-15H2,1-5H3,(H,25,28). The van der Waals surface area contributed by atoms with E-state index >= 15 is 0 Å². The summed E-state index contributed by atoms with van der Waals surface area (Å²) in [5.74, 6) is -0.308. The molecule has 0 unspecified atom stereocenters. The summed E-state index contributed by atoms with van der Waals surface area (Å²) in [6, 6.07) is 11.3. The maximum atomic E-state index is 13.3. The fourth-order valence-electron chi connectivity index (χ4n) is 3.12. The highest BCUT2D eigenvalue weighted by Crippen LogP contribution is 2.26. The molecule has 5 nitrogen and oxygen atoms in total. The number of carbonyl (C=O) groups excluding carboxylic acids is 2. The predicted octanol–water partition coefficient (Wildman–Crippen LogP) is 4.54. The number of rotatable bonds is 8. The molecule has 0 saturated heterocycles. The molecule has 2 amide bonds. The molecule has 156 valence electrons. The van der Waals surface area contributed by atoms with Gasteiger partial charge in [-0.05, 0) is 53.9 Å². The van der Waals surface area contributed by atoms with E-state index in [2.05, 4.69) is 19.2 Å². The minimum atomic E-state index is -0.369. The van der Waals surface area contributed by atoms with Crippen molar-refractivity contribution in [2.75, 3.05) is 30.9 Å². The third kappa shape index (κ3) is 6.31. The summed E-state index contributed by atoms with van der Waals surface area (Å²) < 4.78 is 13.3. The first kappa shape index (κ1) is 22.4. The number of halogens is 1. The molecule has 0 aromatic heterocycles. The van der Waals surface area contributed by atoms with Crippen molar-refractivity contribution >= 4 is 23.2 Å². The minimum absolute atomic E-state index is 0.0602. The van der Waals surface area contributed by atoms with Gasteiger partial charge in [-0.15, -0.1) is 0 Å². The van der Waals surface area contributed by atoms with Crippen LogP contribution in [0.1, 0.15) is 43.1 Å². The summed E-state index contributed by atoms with van der Waals surface area (Å²) in [7, 11) is 3.88. The second-order valence-corrected chi connectivity index (χ2v) is 7.73. The normalized spacial score (nSPS) is 10.7. The van der Waals surface area contributed by atoms with Crippen molar-refractivity contribution in [1.82, 2.24) is 4.90 Å². The SMILES string of the molecule is CCC(=O)Nc1ccc(N(C)C)c(CN(CC(C)C)C(=O)c2ccc(F)cc2)c1. The third-order valence-corrected chi connectivity index (χ3v) is 4.49. The monoisotopic (exact) mass is 399 g/mol. The van der Waals surface area contributed by atoms with Crippen LogP contribution in [0.3, 0.4) is 0 Å². The Morgan fingerprint density at radius 2 is 1.72 bits per heavy atom. The van der Waals surface area contributed by atoms with E-state index in [0.29, 0.717) is 30.8 Å². The van der Waals surface area contributed by atoms with Crippen LogP contribution >= 0.6 is 0 Å². The number of benzene rings is 2. The van der Waals surface area contributed by atoms with E-state index in [1.807, 2.05) is 37.2 Å². The first-order valence-electron chi connectivity index (χ1n) is 9.86. The van der Waals surface area contributed by atoms with Gasteiger partial charge in [-0.3, -0.25) is 9.59 Å². The zero-order valence-corrected chi connectivity index (χ0v) is 17.8. The van der Waals surface area contributed by atoms with Crippen molar-refractivity contribution in [3.05, 3.63) is 59.4 Å². The maximum Gasteiger partial charge on any atom is 0.254 e. The molecule has 0 heterocycles. The Bertz CT molecular complexity index is 848. The van der Waals surface area contributed by atoms with E-state index in [4.69, 9.17) is 0 Å². The Labute approximate surface area is 172 Å². The van der Waals surface area contributed by atoms with Gasteiger partial charge in [-0.1, -0.05) is 20.8 Å². The largest absolute Gasteiger partial charge is 0.377 e. The number of hydrogen-bond donors (Lipinski definition) is 1. The summed E-state index contributed by atoms with van der Waals surface area (Å²) in [6.07, 6.45) is 0.396. The molecule has 2 rings (SSSR count). The highest BCUT2D eigenvalue weighted by atomic mass is 19.1. The lowest BCUT2D eigenvalue weighted by atomic mass is 10.1. The zero-order chi connectivity index (χ0) is 21.6. The Kier molecular flexibility index (Phi) is 7.76. The number of hydrogen-bond acceptors (Lipinski definition) is 3. The molecule has 0 atom stereocenters. The number of nitrogens with one attached hydrogen (secondary N) is 1. The lowest BCUT2D eigenvalue weighted by Crippen LogP contribution is -2.34. The molecule has 2 aromatic rings. The Morgan fingerprint density at radius 1 is 1.07 bits per heavy atom. The van der Waals surface area contributed by atoms with E-state index in [1.54, 1.807) is 11.8 Å². The van der Waals surface area contributed by atoms with Gasteiger partial charge >= 0.3 is 0 Å². The summed E-state index contributed by atoms with van der Waals surface area (Å²) in [4.78, 5) is 28.6. The Hall–Kier alpha value is -2.89. The predicted molar refractivity (Wildman–Crippen MR) is 116 cm³/mol. The van der Waals surface area contributed by atoms with E-state index in [9.17, 15) is 14.0 Å². The molecule has 0 aliphatic rings. The van der Waals surface area contributed by atoms with Crippen LogP contribution in [-0.4, -0.2) is 37.4 Å². The van der Waals surface area contributed by atoms with Gasteiger partial charge in [0.2, 0.25) is 5.91 Å². The van der Waals surface area contributed by atoms with Crippen molar-refractivity contribution < 1.29 is 14.0 Å². The quantitative estimate of drug-likeness (QED) is 0.709. The van der Waals surface area contributed by atoms with Gasteiger partial charge in [0.15, 0.2) is 0 Å². The summed E-state index contributed by atoms with van der Waals surface area (Å²) in [6.45, 7) is 6.86. The van der Waals surface area contributed by atoms with Crippen LogP contribution < -0.4 is 10.2 Å². The van der Waals surface area contributed by atoms with Crippen molar-refractivity contribution in [2.24, 2.45) is 5.92 Å². The molecule has 29 heavy (non-hydrogen) atoms. The lowest BCUT2D eigenvalue weighted by molar-refractivity contribution is -0.115. The third-order valence-electron chi connectivity index (χ3n) is 4.49. The number of nitrogens with zero attached hydrogens (tertiary/aromatic N) is 2. The van der Waals surface area contributed by atoms with Crippen LogP contribution in [0.4, 0.5) is 15.8 Å². The Balaban J connectivity index is 2.37. The highest BCUT2D eigenvalue weighted by molar-refractivity contribution is 5.94. The molecule has 0 aliphatic heterocycles. The molecule has 6 heteroatoms. The maximum absolute atomic E-state index is 13.3. The molecule has 0 aliphatic carbocycles. The molecule has 2 aromatic carbocycles. The van der Waals surface area contributed by atoms with Gasteiger partial charge in [-0.2, -0.15) is 0 Å². The second-order valence-electron chi connectivity index (χ2n) is 7.73. The number of carbonyl (C=O) groups is 2. The fourth-order valence-corrected chi connectivity index (χ4v) is 3.12. The first-order chi connectivity index (χ1) is 13.7. The smallest absolute Gasteiger partial charge is 0.254 e. The van der Waals surface area contributed by atoms with E-state index in [0.717, 1.165) is 11.3 Å². The van der Waals surface area contributed by atoms with Gasteiger partial charge in [0.1, 0.15) is 5.82 Å². The molecule has 0 radical (unpaired) electrons. The van der Waals surface area contributed by atoms with Crippen molar-refractivity contribution in [2.45, 2.75) is 33.7 Å². The summed E-state index contributed by atoms with van der Waals surface area (Å²) >= 11 is 0. The van der Waals surface area contributed by atoms with Crippen LogP contribution in [0.5, 0.6) is 0 Å². The highest BCUT2D eigenvalue weighted by Gasteiger charge is 2.20. The number of anilines is 2. The van der Waals surface area contributed by atoms with Crippen LogP contribution in [-0.2, 0) is 11.3 Å². The molecular weight excluding hydrogens is 369 g/mol. The summed E-state index contributed by atoms with van der Waals surface area (Å²) in [5, 5.41) is 2.88. The topological polar surface area (TPSA) is 52.7 Å². The second kappa shape index (κ2) is 10.0. The van der Waals surface area contributed by atoms with Gasteiger partial charge in [0.05, 0.1) is 0 Å². The molecule has 0 spiro atoms. The molecule has 1 N–H and O–H groups in total.